The maximum atomic E-state index is 6.01. The quantitative estimate of drug-likeness (QED) is 0.540. The van der Waals surface area contributed by atoms with Crippen LogP contribution in [0.1, 0.15) is 12.8 Å². The van der Waals surface area contributed by atoms with Crippen LogP contribution in [0.15, 0.2) is 54.4 Å². The highest BCUT2D eigenvalue weighted by atomic mass is 35.5. The van der Waals surface area contributed by atoms with Gasteiger partial charge in [0.1, 0.15) is 5.76 Å². The Labute approximate surface area is 201 Å². The minimum absolute atomic E-state index is 0.272. The number of thiazole rings is 1. The summed E-state index contributed by atoms with van der Waals surface area (Å²) in [5, 5.41) is 4.64. The van der Waals surface area contributed by atoms with Crippen LogP contribution in [0, 0.1) is 0 Å². The predicted molar refractivity (Wildman–Crippen MR) is 132 cm³/mol. The maximum absolute atomic E-state index is 6.01. The molecule has 3 heterocycles. The average molecular weight is 482 g/mol. The van der Waals surface area contributed by atoms with Gasteiger partial charge in [-0.05, 0) is 49.7 Å². The Kier molecular flexibility index (Phi) is 6.52. The van der Waals surface area contributed by atoms with Crippen molar-refractivity contribution in [2.45, 2.75) is 12.8 Å². The van der Waals surface area contributed by atoms with Crippen LogP contribution in [0.4, 0.5) is 17.0 Å². The number of ether oxygens (including phenoxy) is 1. The third-order valence-electron chi connectivity index (χ3n) is 5.41. The summed E-state index contributed by atoms with van der Waals surface area (Å²) >= 11 is 7.53. The Morgan fingerprint density at radius 2 is 1.85 bits per heavy atom. The highest BCUT2D eigenvalue weighted by Crippen LogP contribution is 2.31. The maximum Gasteiger partial charge on any atom is 0.328 e. The van der Waals surface area contributed by atoms with Crippen LogP contribution >= 0.6 is 22.9 Å². The third-order valence-corrected chi connectivity index (χ3v) is 6.63. The molecule has 10 heteroatoms. The Morgan fingerprint density at radius 1 is 1.03 bits per heavy atom. The number of anilines is 3. The fraction of sp³-hybridized carbons (Fsp3) is 0.304. The van der Waals surface area contributed by atoms with Crippen LogP contribution in [-0.2, 0) is 0 Å². The van der Waals surface area contributed by atoms with E-state index in [0.717, 1.165) is 55.2 Å². The molecule has 2 aromatic heterocycles. The monoisotopic (exact) mass is 481 g/mol. The van der Waals surface area contributed by atoms with E-state index in [-0.39, 0.29) is 6.01 Å². The fourth-order valence-corrected chi connectivity index (χ4v) is 4.48. The van der Waals surface area contributed by atoms with Gasteiger partial charge in [-0.3, -0.25) is 5.32 Å². The third kappa shape index (κ3) is 5.50. The SMILES string of the molecule is CN1CCN(c2nc(Nc3ncc(-c4ccc(Cl)cc4)s3)nc(OC3=CCCC=C3)n2)CC1. The van der Waals surface area contributed by atoms with Crippen LogP contribution in [0.3, 0.4) is 0 Å². The van der Waals surface area contributed by atoms with Crippen molar-refractivity contribution in [3.8, 4) is 16.5 Å². The van der Waals surface area contributed by atoms with E-state index in [0.29, 0.717) is 22.1 Å². The van der Waals surface area contributed by atoms with Gasteiger partial charge >= 0.3 is 6.01 Å². The Balaban J connectivity index is 1.40. The minimum atomic E-state index is 0.272. The lowest BCUT2D eigenvalue weighted by atomic mass is 10.2. The van der Waals surface area contributed by atoms with Crippen molar-refractivity contribution < 1.29 is 4.74 Å². The molecule has 170 valence electrons. The van der Waals surface area contributed by atoms with Gasteiger partial charge in [0.25, 0.3) is 0 Å². The highest BCUT2D eigenvalue weighted by molar-refractivity contribution is 7.18. The lowest BCUT2D eigenvalue weighted by molar-refractivity contribution is 0.310. The number of aromatic nitrogens is 4. The van der Waals surface area contributed by atoms with E-state index < -0.39 is 0 Å². The molecule has 1 aliphatic heterocycles. The molecule has 8 nitrogen and oxygen atoms in total. The van der Waals surface area contributed by atoms with Gasteiger partial charge in [-0.15, -0.1) is 0 Å². The Hall–Kier alpha value is -3.01. The van der Waals surface area contributed by atoms with Gasteiger partial charge in [-0.25, -0.2) is 4.98 Å². The van der Waals surface area contributed by atoms with Crippen LogP contribution in [0.25, 0.3) is 10.4 Å². The molecular formula is C23H24ClN7OS. The van der Waals surface area contributed by atoms with Crippen molar-refractivity contribution in [2.75, 3.05) is 43.4 Å². The molecule has 0 bridgehead atoms. The first-order valence-corrected chi connectivity index (χ1v) is 12.0. The van der Waals surface area contributed by atoms with E-state index in [1.807, 2.05) is 42.6 Å². The summed E-state index contributed by atoms with van der Waals surface area (Å²) in [6, 6.07) is 7.97. The molecule has 3 aromatic rings. The van der Waals surface area contributed by atoms with Crippen molar-refractivity contribution in [1.82, 2.24) is 24.8 Å². The normalized spacial score (nSPS) is 16.5. The van der Waals surface area contributed by atoms with Crippen molar-refractivity contribution in [3.63, 3.8) is 0 Å². The van der Waals surface area contributed by atoms with Crippen molar-refractivity contribution in [2.24, 2.45) is 0 Å². The van der Waals surface area contributed by atoms with Gasteiger partial charge in [0, 0.05) is 37.4 Å². The molecule has 0 saturated carbocycles. The summed E-state index contributed by atoms with van der Waals surface area (Å²) in [6.45, 7) is 3.60. The molecule has 0 spiro atoms. The molecule has 1 N–H and O–H groups in total. The van der Waals surface area contributed by atoms with Gasteiger partial charge in [-0.1, -0.05) is 41.1 Å². The van der Waals surface area contributed by atoms with Gasteiger partial charge in [0.15, 0.2) is 5.13 Å². The number of hydrogen-bond acceptors (Lipinski definition) is 9. The van der Waals surface area contributed by atoms with E-state index in [1.165, 1.54) is 11.3 Å². The topological polar surface area (TPSA) is 79.3 Å². The number of likely N-dealkylation sites (N-methyl/N-ethyl adjacent to an activating group) is 1. The number of rotatable bonds is 6. The Morgan fingerprint density at radius 3 is 2.61 bits per heavy atom. The largest absolute Gasteiger partial charge is 0.424 e. The van der Waals surface area contributed by atoms with E-state index in [4.69, 9.17) is 16.3 Å². The van der Waals surface area contributed by atoms with Crippen molar-refractivity contribution >= 4 is 40.0 Å². The molecule has 1 aliphatic carbocycles. The smallest absolute Gasteiger partial charge is 0.328 e. The molecule has 0 unspecified atom stereocenters. The lowest BCUT2D eigenvalue weighted by Gasteiger charge is -2.32. The first-order chi connectivity index (χ1) is 16.1. The predicted octanol–water partition coefficient (Wildman–Crippen LogP) is 4.76. The van der Waals surface area contributed by atoms with Crippen LogP contribution in [0.5, 0.6) is 6.01 Å². The molecule has 2 aliphatic rings. The number of benzene rings is 1. The van der Waals surface area contributed by atoms with Crippen LogP contribution < -0.4 is 15.0 Å². The van der Waals surface area contributed by atoms with Gasteiger partial charge in [0.2, 0.25) is 11.9 Å². The summed E-state index contributed by atoms with van der Waals surface area (Å²) in [4.78, 5) is 23.7. The van der Waals surface area contributed by atoms with Crippen LogP contribution in [0.2, 0.25) is 5.02 Å². The summed E-state index contributed by atoms with van der Waals surface area (Å²) < 4.78 is 5.98. The van der Waals surface area contributed by atoms with Crippen molar-refractivity contribution in [3.05, 3.63) is 59.5 Å². The van der Waals surface area contributed by atoms with E-state index in [1.54, 1.807) is 0 Å². The summed E-state index contributed by atoms with van der Waals surface area (Å²) in [5.41, 5.74) is 1.05. The molecule has 33 heavy (non-hydrogen) atoms. The van der Waals surface area contributed by atoms with Gasteiger partial charge < -0.3 is 14.5 Å². The summed E-state index contributed by atoms with van der Waals surface area (Å²) in [7, 11) is 2.12. The standard InChI is InChI=1S/C23H24ClN7OS/c1-30-11-13-31(14-12-30)21-26-20(27-22(29-21)32-18-5-3-2-4-6-18)28-23-25-15-19(33-23)16-7-9-17(24)10-8-16/h3,5-10,15H,2,4,11-14H2,1H3,(H,25,26,27,28,29). The average Bonchev–Trinajstić information content (AvgIpc) is 3.29. The second kappa shape index (κ2) is 9.86. The number of nitrogens with one attached hydrogen (secondary N) is 1. The molecule has 5 rings (SSSR count). The van der Waals surface area contributed by atoms with Gasteiger partial charge in [0.05, 0.1) is 4.88 Å². The van der Waals surface area contributed by atoms with E-state index >= 15 is 0 Å². The number of piperazine rings is 1. The molecule has 0 atom stereocenters. The molecule has 1 fully saturated rings. The molecular weight excluding hydrogens is 458 g/mol. The first-order valence-electron chi connectivity index (χ1n) is 10.9. The highest BCUT2D eigenvalue weighted by Gasteiger charge is 2.20. The summed E-state index contributed by atoms with van der Waals surface area (Å²) in [5.74, 6) is 1.76. The minimum Gasteiger partial charge on any atom is -0.424 e. The second-order valence-corrected chi connectivity index (χ2v) is 9.35. The molecule has 1 saturated heterocycles. The van der Waals surface area contributed by atoms with Crippen molar-refractivity contribution in [1.29, 1.82) is 0 Å². The zero-order valence-electron chi connectivity index (χ0n) is 18.2. The number of allylic oxidation sites excluding steroid dienone is 3. The number of hydrogen-bond donors (Lipinski definition) is 1. The molecule has 1 aromatic carbocycles. The number of nitrogens with zero attached hydrogens (tertiary/aromatic N) is 6. The summed E-state index contributed by atoms with van der Waals surface area (Å²) in [6.07, 6.45) is 9.88. The Bertz CT molecular complexity index is 1170. The zero-order chi connectivity index (χ0) is 22.6. The number of halogens is 1. The van der Waals surface area contributed by atoms with Crippen LogP contribution in [-0.4, -0.2) is 58.1 Å². The lowest BCUT2D eigenvalue weighted by Crippen LogP contribution is -2.45. The zero-order valence-corrected chi connectivity index (χ0v) is 19.8. The van der Waals surface area contributed by atoms with Gasteiger partial charge in [-0.2, -0.15) is 15.0 Å². The second-order valence-electron chi connectivity index (χ2n) is 7.88. The fourth-order valence-electron chi connectivity index (χ4n) is 3.54. The van der Waals surface area contributed by atoms with E-state index in [9.17, 15) is 0 Å². The van der Waals surface area contributed by atoms with E-state index in [2.05, 4.69) is 48.2 Å². The molecule has 0 amide bonds. The first kappa shape index (κ1) is 21.8. The molecule has 0 radical (unpaired) electrons.